The van der Waals surface area contributed by atoms with Crippen molar-refractivity contribution in [3.63, 3.8) is 0 Å². The van der Waals surface area contributed by atoms with Crippen molar-refractivity contribution in [1.29, 1.82) is 0 Å². The van der Waals surface area contributed by atoms with Gasteiger partial charge in [-0.2, -0.15) is 0 Å². The predicted octanol–water partition coefficient (Wildman–Crippen LogP) is 2.94. The number of phenols is 1. The standard InChI is InChI=1S/C16H11N3O4/c20-10-4-5-11-9(6-10)8-18(16(11)21)14-7-17-15-12(14)2-1-3-13(15)19(22)23/h1-7,17,20H,8H2. The highest BCUT2D eigenvalue weighted by Gasteiger charge is 2.31. The summed E-state index contributed by atoms with van der Waals surface area (Å²) in [4.78, 5) is 27.6. The van der Waals surface area contributed by atoms with Crippen LogP contribution in [0.2, 0.25) is 0 Å². The molecule has 23 heavy (non-hydrogen) atoms. The number of nitro benzene ring substituents is 1. The monoisotopic (exact) mass is 309 g/mol. The fourth-order valence-corrected chi connectivity index (χ4v) is 3.00. The summed E-state index contributed by atoms with van der Waals surface area (Å²) < 4.78 is 0. The van der Waals surface area contributed by atoms with Crippen molar-refractivity contribution in [3.8, 4) is 5.75 Å². The van der Waals surface area contributed by atoms with Crippen molar-refractivity contribution in [2.24, 2.45) is 0 Å². The molecule has 0 spiro atoms. The topological polar surface area (TPSA) is 99.5 Å². The van der Waals surface area contributed by atoms with E-state index in [0.29, 0.717) is 28.7 Å². The average molecular weight is 309 g/mol. The number of hydrogen-bond donors (Lipinski definition) is 2. The van der Waals surface area contributed by atoms with Crippen LogP contribution in [0.4, 0.5) is 11.4 Å². The molecule has 0 unspecified atom stereocenters. The molecular weight excluding hydrogens is 298 g/mol. The summed E-state index contributed by atoms with van der Waals surface area (Å²) in [6, 6.07) is 9.37. The molecule has 0 fully saturated rings. The van der Waals surface area contributed by atoms with Gasteiger partial charge in [-0.05, 0) is 23.8 Å². The normalized spacial score (nSPS) is 13.6. The van der Waals surface area contributed by atoms with Crippen LogP contribution in [-0.2, 0) is 6.54 Å². The van der Waals surface area contributed by atoms with E-state index in [1.165, 1.54) is 12.1 Å². The Morgan fingerprint density at radius 3 is 2.87 bits per heavy atom. The number of hydrogen-bond acceptors (Lipinski definition) is 4. The number of anilines is 1. The molecule has 7 nitrogen and oxygen atoms in total. The number of phenolic OH excluding ortho intramolecular Hbond substituents is 1. The number of aromatic amines is 1. The van der Waals surface area contributed by atoms with E-state index in [4.69, 9.17) is 0 Å². The highest BCUT2D eigenvalue weighted by atomic mass is 16.6. The summed E-state index contributed by atoms with van der Waals surface area (Å²) in [7, 11) is 0. The third-order valence-electron chi connectivity index (χ3n) is 4.05. The Morgan fingerprint density at radius 2 is 2.09 bits per heavy atom. The Kier molecular flexibility index (Phi) is 2.65. The molecule has 0 aliphatic carbocycles. The number of amides is 1. The summed E-state index contributed by atoms with van der Waals surface area (Å²) in [5.41, 5.74) is 2.21. The molecule has 0 atom stereocenters. The summed E-state index contributed by atoms with van der Waals surface area (Å²) in [5, 5.41) is 21.3. The van der Waals surface area contributed by atoms with Crippen molar-refractivity contribution < 1.29 is 14.8 Å². The van der Waals surface area contributed by atoms with Crippen LogP contribution in [0.25, 0.3) is 10.9 Å². The van der Waals surface area contributed by atoms with Crippen molar-refractivity contribution in [3.05, 3.63) is 63.8 Å². The van der Waals surface area contributed by atoms with Crippen LogP contribution in [0, 0.1) is 10.1 Å². The van der Waals surface area contributed by atoms with Gasteiger partial charge in [-0.1, -0.05) is 12.1 Å². The number of fused-ring (bicyclic) bond motifs is 2. The smallest absolute Gasteiger partial charge is 0.293 e. The molecule has 0 saturated carbocycles. The van der Waals surface area contributed by atoms with Crippen LogP contribution in [-0.4, -0.2) is 20.9 Å². The maximum atomic E-state index is 12.6. The number of carbonyl (C=O) groups is 1. The maximum absolute atomic E-state index is 12.6. The lowest BCUT2D eigenvalue weighted by Crippen LogP contribution is -2.22. The minimum absolute atomic E-state index is 0.0319. The summed E-state index contributed by atoms with van der Waals surface area (Å²) in [6.07, 6.45) is 1.60. The molecule has 2 aromatic carbocycles. The lowest BCUT2D eigenvalue weighted by Gasteiger charge is -2.14. The fourth-order valence-electron chi connectivity index (χ4n) is 3.00. The molecule has 0 bridgehead atoms. The summed E-state index contributed by atoms with van der Waals surface area (Å²) in [6.45, 7) is 0.318. The molecule has 1 aliphatic rings. The number of H-pyrrole nitrogens is 1. The molecule has 3 aromatic rings. The predicted molar refractivity (Wildman–Crippen MR) is 83.6 cm³/mol. The lowest BCUT2D eigenvalue weighted by atomic mass is 10.1. The van der Waals surface area contributed by atoms with Gasteiger partial charge in [-0.15, -0.1) is 0 Å². The Bertz CT molecular complexity index is 977. The molecule has 1 aromatic heterocycles. The molecule has 0 saturated heterocycles. The van der Waals surface area contributed by atoms with Gasteiger partial charge in [-0.3, -0.25) is 14.9 Å². The van der Waals surface area contributed by atoms with Crippen LogP contribution in [0.5, 0.6) is 5.75 Å². The maximum Gasteiger partial charge on any atom is 0.293 e. The number of nitrogens with one attached hydrogen (secondary N) is 1. The second kappa shape index (κ2) is 4.57. The van der Waals surface area contributed by atoms with E-state index < -0.39 is 4.92 Å². The second-order valence-corrected chi connectivity index (χ2v) is 5.36. The number of aromatic nitrogens is 1. The minimum Gasteiger partial charge on any atom is -0.508 e. The number of para-hydroxylation sites is 1. The first-order valence-corrected chi connectivity index (χ1v) is 6.94. The van der Waals surface area contributed by atoms with Gasteiger partial charge in [0.25, 0.3) is 11.6 Å². The van der Waals surface area contributed by atoms with Crippen molar-refractivity contribution >= 4 is 28.2 Å². The number of carbonyl (C=O) groups excluding carboxylic acids is 1. The molecule has 2 heterocycles. The molecular formula is C16H11N3O4. The molecule has 0 radical (unpaired) electrons. The molecule has 4 rings (SSSR count). The number of aromatic hydroxyl groups is 1. The van der Waals surface area contributed by atoms with E-state index in [2.05, 4.69) is 4.98 Å². The largest absolute Gasteiger partial charge is 0.508 e. The van der Waals surface area contributed by atoms with E-state index in [0.717, 1.165) is 5.56 Å². The van der Waals surface area contributed by atoms with Crippen molar-refractivity contribution in [2.45, 2.75) is 6.54 Å². The van der Waals surface area contributed by atoms with Gasteiger partial charge in [0.15, 0.2) is 0 Å². The average Bonchev–Trinajstić information content (AvgIpc) is 3.08. The van der Waals surface area contributed by atoms with E-state index >= 15 is 0 Å². The van der Waals surface area contributed by atoms with Gasteiger partial charge >= 0.3 is 0 Å². The van der Waals surface area contributed by atoms with Gasteiger partial charge in [0.1, 0.15) is 11.3 Å². The third-order valence-corrected chi connectivity index (χ3v) is 4.05. The number of rotatable bonds is 2. The quantitative estimate of drug-likeness (QED) is 0.561. The third kappa shape index (κ3) is 1.87. The minimum atomic E-state index is -0.457. The lowest BCUT2D eigenvalue weighted by molar-refractivity contribution is -0.383. The fraction of sp³-hybridized carbons (Fsp3) is 0.0625. The Balaban J connectivity index is 1.84. The van der Waals surface area contributed by atoms with Crippen molar-refractivity contribution in [1.82, 2.24) is 4.98 Å². The molecule has 2 N–H and O–H groups in total. The first-order chi connectivity index (χ1) is 11.1. The van der Waals surface area contributed by atoms with E-state index in [-0.39, 0.29) is 17.3 Å². The van der Waals surface area contributed by atoms with E-state index in [1.54, 1.807) is 35.4 Å². The highest BCUT2D eigenvalue weighted by Crippen LogP contribution is 2.37. The van der Waals surface area contributed by atoms with Gasteiger partial charge in [0.2, 0.25) is 0 Å². The van der Waals surface area contributed by atoms with Gasteiger partial charge in [0.05, 0.1) is 17.2 Å². The zero-order valence-corrected chi connectivity index (χ0v) is 11.8. The number of nitrogens with zero attached hydrogens (tertiary/aromatic N) is 2. The van der Waals surface area contributed by atoms with Crippen LogP contribution < -0.4 is 4.90 Å². The summed E-state index contributed by atoms with van der Waals surface area (Å²) >= 11 is 0. The van der Waals surface area contributed by atoms with Crippen LogP contribution in [0.15, 0.2) is 42.6 Å². The zero-order valence-electron chi connectivity index (χ0n) is 11.8. The second-order valence-electron chi connectivity index (χ2n) is 5.36. The Morgan fingerprint density at radius 1 is 1.26 bits per heavy atom. The van der Waals surface area contributed by atoms with Crippen LogP contribution >= 0.6 is 0 Å². The molecule has 1 aliphatic heterocycles. The Labute approximate surface area is 129 Å². The van der Waals surface area contributed by atoms with Crippen molar-refractivity contribution in [2.75, 3.05) is 4.90 Å². The zero-order chi connectivity index (χ0) is 16.1. The molecule has 7 heteroatoms. The van der Waals surface area contributed by atoms with E-state index in [1.807, 2.05) is 0 Å². The van der Waals surface area contributed by atoms with E-state index in [9.17, 15) is 20.0 Å². The van der Waals surface area contributed by atoms with Gasteiger partial charge < -0.3 is 15.0 Å². The van der Waals surface area contributed by atoms with Gasteiger partial charge in [-0.25, -0.2) is 0 Å². The Hall–Kier alpha value is -3.35. The van der Waals surface area contributed by atoms with Crippen LogP contribution in [0.3, 0.4) is 0 Å². The first kappa shape index (κ1) is 13.3. The molecule has 114 valence electrons. The SMILES string of the molecule is O=C1c2ccc(O)cc2CN1c1c[nH]c2c([N+](=O)[O-])cccc12. The summed E-state index contributed by atoms with van der Waals surface area (Å²) in [5.74, 6) is -0.0830. The van der Waals surface area contributed by atoms with Gasteiger partial charge in [0, 0.05) is 23.2 Å². The number of benzene rings is 2. The first-order valence-electron chi connectivity index (χ1n) is 6.94. The van der Waals surface area contributed by atoms with Crippen LogP contribution in [0.1, 0.15) is 15.9 Å². The number of non-ortho nitro benzene ring substituents is 1. The molecule has 1 amide bonds. The highest BCUT2D eigenvalue weighted by molar-refractivity contribution is 6.14. The number of nitro groups is 1.